The normalized spacial score (nSPS) is 37.3. The van der Waals surface area contributed by atoms with E-state index in [1.54, 1.807) is 18.2 Å². The number of fused-ring (bicyclic) bond motifs is 1. The SMILES string of the molecule is O=C(O)CCC/C=C1\O[C@H]2C[C@@H](O)[C@H](/C=C/[C@@H](O)C3CCCC3)[C@H]2[C@H]1F. The third-order valence-electron chi connectivity index (χ3n) is 6.04. The Bertz CT molecular complexity index is 554. The van der Waals surface area contributed by atoms with Crippen LogP contribution >= 0.6 is 0 Å². The van der Waals surface area contributed by atoms with Crippen molar-refractivity contribution in [2.24, 2.45) is 17.8 Å². The van der Waals surface area contributed by atoms with Gasteiger partial charge in [0.25, 0.3) is 0 Å². The number of carboxylic acid groups (broad SMARTS) is 1. The van der Waals surface area contributed by atoms with Gasteiger partial charge < -0.3 is 20.1 Å². The highest BCUT2D eigenvalue weighted by atomic mass is 19.1. The summed E-state index contributed by atoms with van der Waals surface area (Å²) in [6.07, 6.45) is 7.97. The van der Waals surface area contributed by atoms with Crippen LogP contribution in [0.15, 0.2) is 24.0 Å². The number of aliphatic hydroxyl groups excluding tert-OH is 2. The minimum absolute atomic E-state index is 0.0523. The van der Waals surface area contributed by atoms with Gasteiger partial charge in [0.1, 0.15) is 11.9 Å². The van der Waals surface area contributed by atoms with Gasteiger partial charge in [-0.3, -0.25) is 4.79 Å². The molecule has 146 valence electrons. The van der Waals surface area contributed by atoms with Crippen molar-refractivity contribution in [1.29, 1.82) is 0 Å². The van der Waals surface area contributed by atoms with Gasteiger partial charge in [-0.25, -0.2) is 4.39 Å². The van der Waals surface area contributed by atoms with E-state index in [0.29, 0.717) is 19.3 Å². The number of unbranched alkanes of at least 4 members (excludes halogenated alkanes) is 1. The van der Waals surface area contributed by atoms with Crippen molar-refractivity contribution in [1.82, 2.24) is 0 Å². The maximum absolute atomic E-state index is 14.9. The third-order valence-corrected chi connectivity index (χ3v) is 6.04. The Morgan fingerprint density at radius 2 is 2.08 bits per heavy atom. The van der Waals surface area contributed by atoms with Crippen molar-refractivity contribution in [3.8, 4) is 0 Å². The van der Waals surface area contributed by atoms with E-state index in [1.807, 2.05) is 0 Å². The van der Waals surface area contributed by atoms with Crippen LogP contribution < -0.4 is 0 Å². The maximum atomic E-state index is 14.9. The average molecular weight is 368 g/mol. The lowest BCUT2D eigenvalue weighted by molar-refractivity contribution is -0.137. The molecule has 3 rings (SSSR count). The number of aliphatic carboxylic acids is 1. The molecule has 1 aliphatic heterocycles. The van der Waals surface area contributed by atoms with Crippen molar-refractivity contribution < 1.29 is 29.2 Å². The fourth-order valence-electron chi connectivity index (χ4n) is 4.61. The zero-order valence-corrected chi connectivity index (χ0v) is 15.0. The van der Waals surface area contributed by atoms with Gasteiger partial charge in [-0.05, 0) is 37.7 Å². The molecule has 0 radical (unpaired) electrons. The molecule has 6 heteroatoms. The number of carboxylic acids is 1. The number of rotatable bonds is 7. The van der Waals surface area contributed by atoms with Crippen LogP contribution in [0.25, 0.3) is 0 Å². The average Bonchev–Trinajstić information content (AvgIpc) is 3.28. The second-order valence-corrected chi connectivity index (χ2v) is 7.83. The third kappa shape index (κ3) is 4.29. The zero-order chi connectivity index (χ0) is 18.7. The van der Waals surface area contributed by atoms with Crippen LogP contribution in [0.2, 0.25) is 0 Å². The monoisotopic (exact) mass is 368 g/mol. The van der Waals surface area contributed by atoms with E-state index in [1.165, 1.54) is 0 Å². The first kappa shape index (κ1) is 19.4. The zero-order valence-electron chi connectivity index (χ0n) is 15.0. The molecule has 0 unspecified atom stereocenters. The maximum Gasteiger partial charge on any atom is 0.303 e. The van der Waals surface area contributed by atoms with E-state index in [9.17, 15) is 19.4 Å². The molecule has 3 N–H and O–H groups in total. The number of carbonyl (C=O) groups is 1. The molecular formula is C20H29FO5. The Morgan fingerprint density at radius 1 is 1.35 bits per heavy atom. The Morgan fingerprint density at radius 3 is 2.77 bits per heavy atom. The Labute approximate surface area is 153 Å². The Kier molecular flexibility index (Phi) is 6.35. The molecule has 2 aliphatic carbocycles. The highest BCUT2D eigenvalue weighted by molar-refractivity contribution is 5.66. The smallest absolute Gasteiger partial charge is 0.303 e. The van der Waals surface area contributed by atoms with Gasteiger partial charge >= 0.3 is 5.97 Å². The van der Waals surface area contributed by atoms with Gasteiger partial charge in [0, 0.05) is 24.7 Å². The van der Waals surface area contributed by atoms with Crippen molar-refractivity contribution in [2.75, 3.05) is 0 Å². The van der Waals surface area contributed by atoms with Crippen LogP contribution in [-0.2, 0) is 9.53 Å². The molecule has 0 amide bonds. The van der Waals surface area contributed by atoms with Gasteiger partial charge in [-0.15, -0.1) is 0 Å². The fourth-order valence-corrected chi connectivity index (χ4v) is 4.61. The number of hydrogen-bond acceptors (Lipinski definition) is 4. The van der Waals surface area contributed by atoms with E-state index in [4.69, 9.17) is 9.84 Å². The van der Waals surface area contributed by atoms with Gasteiger partial charge in [-0.2, -0.15) is 0 Å². The summed E-state index contributed by atoms with van der Waals surface area (Å²) in [5.41, 5.74) is 0. The first-order valence-corrected chi connectivity index (χ1v) is 9.74. The summed E-state index contributed by atoms with van der Waals surface area (Å²) in [4.78, 5) is 10.5. The molecule has 0 aromatic heterocycles. The van der Waals surface area contributed by atoms with E-state index >= 15 is 0 Å². The lowest BCUT2D eigenvalue weighted by atomic mass is 9.88. The predicted molar refractivity (Wildman–Crippen MR) is 94.0 cm³/mol. The second kappa shape index (κ2) is 8.53. The molecule has 1 heterocycles. The molecule has 0 aromatic carbocycles. The highest BCUT2D eigenvalue weighted by Gasteiger charge is 2.53. The van der Waals surface area contributed by atoms with Crippen LogP contribution in [0.5, 0.6) is 0 Å². The summed E-state index contributed by atoms with van der Waals surface area (Å²) in [6, 6.07) is 0. The highest BCUT2D eigenvalue weighted by Crippen LogP contribution is 2.47. The number of halogens is 1. The summed E-state index contributed by atoms with van der Waals surface area (Å²) < 4.78 is 20.6. The van der Waals surface area contributed by atoms with Crippen LogP contribution in [0.3, 0.4) is 0 Å². The molecule has 2 saturated carbocycles. The first-order valence-electron chi connectivity index (χ1n) is 9.74. The molecule has 0 spiro atoms. The standard InChI is InChI=1S/C20H29FO5/c21-20-16(7-3-4-8-18(24)25)26-17-11-15(23)13(19(17)20)9-10-14(22)12-5-1-2-6-12/h7,9-10,12-15,17,19-20,22-23H,1-6,8,11H2,(H,24,25)/b10-9+,16-7-/t13-,14+,15+,17-,19+,20-/m0/s1. The summed E-state index contributed by atoms with van der Waals surface area (Å²) in [7, 11) is 0. The molecule has 3 aliphatic rings. The minimum atomic E-state index is -1.29. The van der Waals surface area contributed by atoms with E-state index in [0.717, 1.165) is 25.7 Å². The van der Waals surface area contributed by atoms with Gasteiger partial charge in [0.05, 0.1) is 12.2 Å². The molecule has 0 aromatic rings. The summed E-state index contributed by atoms with van der Waals surface area (Å²) >= 11 is 0. The number of allylic oxidation sites excluding steroid dienone is 2. The van der Waals surface area contributed by atoms with E-state index in [2.05, 4.69) is 0 Å². The second-order valence-electron chi connectivity index (χ2n) is 7.83. The summed E-state index contributed by atoms with van der Waals surface area (Å²) in [6.45, 7) is 0. The lowest BCUT2D eigenvalue weighted by Gasteiger charge is -2.19. The molecule has 0 bridgehead atoms. The minimum Gasteiger partial charge on any atom is -0.491 e. The Hall–Kier alpha value is -1.40. The first-order chi connectivity index (χ1) is 12.5. The summed E-state index contributed by atoms with van der Waals surface area (Å²) in [5.74, 6) is -1.13. The van der Waals surface area contributed by atoms with Crippen LogP contribution in [0.4, 0.5) is 4.39 Å². The topological polar surface area (TPSA) is 87.0 Å². The quantitative estimate of drug-likeness (QED) is 0.475. The molecule has 26 heavy (non-hydrogen) atoms. The largest absolute Gasteiger partial charge is 0.491 e. The van der Waals surface area contributed by atoms with Crippen molar-refractivity contribution in [3.63, 3.8) is 0 Å². The molecule has 1 saturated heterocycles. The van der Waals surface area contributed by atoms with Gasteiger partial charge in [0.15, 0.2) is 6.17 Å². The van der Waals surface area contributed by atoms with Crippen LogP contribution in [-0.4, -0.2) is 45.8 Å². The number of ether oxygens (including phenoxy) is 1. The van der Waals surface area contributed by atoms with E-state index in [-0.39, 0.29) is 30.1 Å². The molecular weight excluding hydrogens is 339 g/mol. The van der Waals surface area contributed by atoms with Crippen LogP contribution in [0, 0.1) is 17.8 Å². The van der Waals surface area contributed by atoms with Crippen LogP contribution in [0.1, 0.15) is 51.4 Å². The number of alkyl halides is 1. The lowest BCUT2D eigenvalue weighted by Crippen LogP contribution is -2.25. The molecule has 5 nitrogen and oxygen atoms in total. The number of aliphatic hydroxyl groups is 2. The van der Waals surface area contributed by atoms with Crippen molar-refractivity contribution in [3.05, 3.63) is 24.0 Å². The molecule has 6 atom stereocenters. The van der Waals surface area contributed by atoms with Crippen molar-refractivity contribution >= 4 is 5.97 Å². The predicted octanol–water partition coefficient (Wildman–Crippen LogP) is 2.97. The van der Waals surface area contributed by atoms with Gasteiger partial charge in [-0.1, -0.05) is 25.0 Å². The number of hydrogen-bond donors (Lipinski definition) is 3. The molecule has 3 fully saturated rings. The summed E-state index contributed by atoms with van der Waals surface area (Å²) in [5, 5.41) is 29.2. The fraction of sp³-hybridized carbons (Fsp3) is 0.750. The van der Waals surface area contributed by atoms with Crippen molar-refractivity contribution in [2.45, 2.75) is 75.9 Å². The van der Waals surface area contributed by atoms with E-state index < -0.39 is 30.3 Å². The Balaban J connectivity index is 1.60. The van der Waals surface area contributed by atoms with Gasteiger partial charge in [0.2, 0.25) is 0 Å².